The van der Waals surface area contributed by atoms with Crippen LogP contribution in [0.5, 0.6) is 11.5 Å². The van der Waals surface area contributed by atoms with Crippen LogP contribution in [0.25, 0.3) is 5.69 Å². The fraction of sp³-hybridized carbons (Fsp3) is 0.200. The summed E-state index contributed by atoms with van der Waals surface area (Å²) in [5.74, 6) is 0.731. The first kappa shape index (κ1) is 17.7. The Balaban J connectivity index is 1.62. The molecule has 0 radical (unpaired) electrons. The number of nitrogens with zero attached hydrogens (tertiary/aromatic N) is 3. The van der Waals surface area contributed by atoms with Gasteiger partial charge in [0.2, 0.25) is 6.79 Å². The van der Waals surface area contributed by atoms with Gasteiger partial charge in [-0.25, -0.2) is 0 Å². The zero-order chi connectivity index (χ0) is 19.7. The second-order valence-electron chi connectivity index (χ2n) is 6.42. The zero-order valence-corrected chi connectivity index (χ0v) is 15.4. The Morgan fingerprint density at radius 2 is 1.96 bits per heavy atom. The average molecular weight is 378 g/mol. The van der Waals surface area contributed by atoms with E-state index < -0.39 is 11.5 Å². The number of amides is 1. The summed E-state index contributed by atoms with van der Waals surface area (Å²) < 4.78 is 12.1. The molecule has 0 unspecified atom stereocenters. The van der Waals surface area contributed by atoms with Gasteiger partial charge in [-0.05, 0) is 37.6 Å². The number of aryl methyl sites for hydroxylation is 2. The second kappa shape index (κ2) is 7.15. The molecule has 3 aromatic rings. The first-order chi connectivity index (χ1) is 13.5. The van der Waals surface area contributed by atoms with Gasteiger partial charge in [0.1, 0.15) is 5.56 Å². The molecule has 0 bridgehead atoms. The van der Waals surface area contributed by atoms with Crippen molar-refractivity contribution in [2.45, 2.75) is 20.4 Å². The summed E-state index contributed by atoms with van der Waals surface area (Å²) in [5.41, 5.74) is 2.26. The lowest BCUT2D eigenvalue weighted by Gasteiger charge is -2.11. The minimum absolute atomic E-state index is 0.0836. The molecule has 2 aromatic heterocycles. The van der Waals surface area contributed by atoms with E-state index in [2.05, 4.69) is 15.3 Å². The molecular weight excluding hydrogens is 360 g/mol. The number of carbonyl (C=O) groups excluding carboxylic acids is 1. The highest BCUT2D eigenvalue weighted by Crippen LogP contribution is 2.33. The summed E-state index contributed by atoms with van der Waals surface area (Å²) >= 11 is 0. The van der Waals surface area contributed by atoms with Crippen LogP contribution >= 0.6 is 0 Å². The van der Waals surface area contributed by atoms with Gasteiger partial charge < -0.3 is 14.8 Å². The van der Waals surface area contributed by atoms with Gasteiger partial charge >= 0.3 is 0 Å². The maximum absolute atomic E-state index is 13.0. The topological polar surface area (TPSA) is 95.3 Å². The molecule has 4 rings (SSSR count). The van der Waals surface area contributed by atoms with E-state index in [1.807, 2.05) is 6.92 Å². The maximum atomic E-state index is 13.0. The molecule has 0 atom stereocenters. The number of benzene rings is 1. The van der Waals surface area contributed by atoms with Crippen molar-refractivity contribution in [1.82, 2.24) is 19.9 Å². The summed E-state index contributed by atoms with van der Waals surface area (Å²) in [6, 6.07) is 6.92. The highest BCUT2D eigenvalue weighted by molar-refractivity contribution is 5.95. The zero-order valence-electron chi connectivity index (χ0n) is 15.4. The van der Waals surface area contributed by atoms with E-state index in [9.17, 15) is 9.59 Å². The number of pyridine rings is 1. The maximum Gasteiger partial charge on any atom is 0.268 e. The van der Waals surface area contributed by atoms with Crippen molar-refractivity contribution >= 4 is 5.91 Å². The van der Waals surface area contributed by atoms with E-state index in [1.165, 1.54) is 4.57 Å². The summed E-state index contributed by atoms with van der Waals surface area (Å²) in [4.78, 5) is 34.0. The minimum Gasteiger partial charge on any atom is -0.454 e. The summed E-state index contributed by atoms with van der Waals surface area (Å²) in [6.07, 6.45) is 4.86. The SMILES string of the molecule is Cc1cnc(CNC(=O)c2c(C)ccn(-c3ccc4c(c3)OCO4)c2=O)cn1. The van der Waals surface area contributed by atoms with Gasteiger partial charge in [0.05, 0.1) is 29.8 Å². The molecule has 1 amide bonds. The Bertz CT molecular complexity index is 1110. The highest BCUT2D eigenvalue weighted by atomic mass is 16.7. The predicted molar refractivity (Wildman–Crippen MR) is 101 cm³/mol. The van der Waals surface area contributed by atoms with Gasteiger partial charge in [0.25, 0.3) is 11.5 Å². The molecule has 0 saturated heterocycles. The van der Waals surface area contributed by atoms with E-state index in [-0.39, 0.29) is 18.9 Å². The number of nitrogens with one attached hydrogen (secondary N) is 1. The van der Waals surface area contributed by atoms with Gasteiger partial charge in [-0.15, -0.1) is 0 Å². The quantitative estimate of drug-likeness (QED) is 0.745. The van der Waals surface area contributed by atoms with Crippen molar-refractivity contribution in [2.75, 3.05) is 6.79 Å². The lowest BCUT2D eigenvalue weighted by molar-refractivity contribution is 0.0948. The third-order valence-electron chi connectivity index (χ3n) is 4.43. The molecule has 1 N–H and O–H groups in total. The van der Waals surface area contributed by atoms with Crippen molar-refractivity contribution in [1.29, 1.82) is 0 Å². The minimum atomic E-state index is -0.458. The standard InChI is InChI=1S/C20H18N4O4/c1-12-5-6-24(15-3-4-16-17(7-15)28-11-27-16)20(26)18(12)19(25)23-10-14-9-21-13(2)8-22-14/h3-9H,10-11H2,1-2H3,(H,23,25). The second-order valence-corrected chi connectivity index (χ2v) is 6.42. The predicted octanol–water partition coefficient (Wildman–Crippen LogP) is 1.90. The highest BCUT2D eigenvalue weighted by Gasteiger charge is 2.19. The van der Waals surface area contributed by atoms with Crippen LogP contribution in [0.4, 0.5) is 0 Å². The number of fused-ring (bicyclic) bond motifs is 1. The van der Waals surface area contributed by atoms with Crippen LogP contribution in [0.3, 0.4) is 0 Å². The Hall–Kier alpha value is -3.68. The fourth-order valence-electron chi connectivity index (χ4n) is 2.91. The van der Waals surface area contributed by atoms with E-state index >= 15 is 0 Å². The molecule has 28 heavy (non-hydrogen) atoms. The van der Waals surface area contributed by atoms with Gasteiger partial charge in [0.15, 0.2) is 11.5 Å². The number of carbonyl (C=O) groups is 1. The molecule has 1 aliphatic heterocycles. The van der Waals surface area contributed by atoms with Crippen LogP contribution in [0, 0.1) is 13.8 Å². The molecule has 8 heteroatoms. The van der Waals surface area contributed by atoms with Gasteiger partial charge in [-0.1, -0.05) is 0 Å². The summed E-state index contributed by atoms with van der Waals surface area (Å²) in [6.45, 7) is 3.90. The van der Waals surface area contributed by atoms with E-state index in [0.29, 0.717) is 28.4 Å². The fourth-order valence-corrected chi connectivity index (χ4v) is 2.91. The van der Waals surface area contributed by atoms with Crippen LogP contribution in [0.15, 0.2) is 47.7 Å². The van der Waals surface area contributed by atoms with E-state index in [4.69, 9.17) is 9.47 Å². The van der Waals surface area contributed by atoms with Crippen molar-refractivity contribution < 1.29 is 14.3 Å². The van der Waals surface area contributed by atoms with Gasteiger partial charge in [-0.2, -0.15) is 0 Å². The molecule has 0 fully saturated rings. The third-order valence-corrected chi connectivity index (χ3v) is 4.43. The van der Waals surface area contributed by atoms with Gasteiger partial charge in [0, 0.05) is 18.5 Å². The van der Waals surface area contributed by atoms with Crippen molar-refractivity contribution in [2.24, 2.45) is 0 Å². The van der Waals surface area contributed by atoms with E-state index in [0.717, 1.165) is 5.69 Å². The summed E-state index contributed by atoms with van der Waals surface area (Å²) in [7, 11) is 0. The molecule has 8 nitrogen and oxygen atoms in total. The molecule has 1 aliphatic rings. The normalized spacial score (nSPS) is 12.1. The average Bonchev–Trinajstić information content (AvgIpc) is 3.15. The lowest BCUT2D eigenvalue weighted by atomic mass is 10.1. The monoisotopic (exact) mass is 378 g/mol. The molecule has 0 saturated carbocycles. The number of ether oxygens (including phenoxy) is 2. The number of hydrogen-bond acceptors (Lipinski definition) is 6. The molecule has 0 spiro atoms. The van der Waals surface area contributed by atoms with Crippen LogP contribution < -0.4 is 20.3 Å². The van der Waals surface area contributed by atoms with Gasteiger partial charge in [-0.3, -0.25) is 24.1 Å². The van der Waals surface area contributed by atoms with Crippen LogP contribution in [0.2, 0.25) is 0 Å². The molecule has 3 heterocycles. The number of aromatic nitrogens is 3. The molecular formula is C20H18N4O4. The largest absolute Gasteiger partial charge is 0.454 e. The summed E-state index contributed by atoms with van der Waals surface area (Å²) in [5, 5.41) is 2.74. The Morgan fingerprint density at radius 3 is 2.75 bits per heavy atom. The molecule has 142 valence electrons. The third kappa shape index (κ3) is 3.32. The van der Waals surface area contributed by atoms with Crippen molar-refractivity contribution in [3.63, 3.8) is 0 Å². The number of hydrogen-bond donors (Lipinski definition) is 1. The van der Waals surface area contributed by atoms with E-state index in [1.54, 1.807) is 49.8 Å². The van der Waals surface area contributed by atoms with Crippen LogP contribution in [0.1, 0.15) is 27.3 Å². The Labute approximate surface area is 160 Å². The Kier molecular flexibility index (Phi) is 4.52. The van der Waals surface area contributed by atoms with Crippen molar-refractivity contribution in [3.05, 3.63) is 75.7 Å². The Morgan fingerprint density at radius 1 is 1.14 bits per heavy atom. The van der Waals surface area contributed by atoms with Crippen LogP contribution in [-0.2, 0) is 6.54 Å². The van der Waals surface area contributed by atoms with Crippen molar-refractivity contribution in [3.8, 4) is 17.2 Å². The first-order valence-corrected chi connectivity index (χ1v) is 8.71. The smallest absolute Gasteiger partial charge is 0.268 e. The first-order valence-electron chi connectivity index (χ1n) is 8.71. The lowest BCUT2D eigenvalue weighted by Crippen LogP contribution is -2.33. The number of rotatable bonds is 4. The molecule has 0 aliphatic carbocycles. The molecule has 1 aromatic carbocycles. The van der Waals surface area contributed by atoms with Crippen LogP contribution in [-0.4, -0.2) is 27.2 Å².